The summed E-state index contributed by atoms with van der Waals surface area (Å²) in [6.07, 6.45) is 7.95. The van der Waals surface area contributed by atoms with Crippen molar-refractivity contribution >= 4 is 0 Å². The molecule has 1 heteroatoms. The van der Waals surface area contributed by atoms with Gasteiger partial charge in [-0.1, -0.05) is 6.08 Å². The van der Waals surface area contributed by atoms with E-state index in [9.17, 15) is 0 Å². The molecule has 1 spiro atoms. The lowest BCUT2D eigenvalue weighted by atomic mass is 9.64. The molecular weight excluding hydrogens is 134 g/mol. The van der Waals surface area contributed by atoms with Gasteiger partial charge in [-0.15, -0.1) is 6.58 Å². The molecule has 4 unspecified atom stereocenters. The summed E-state index contributed by atoms with van der Waals surface area (Å²) < 4.78 is 1.53. The van der Waals surface area contributed by atoms with E-state index in [1.807, 2.05) is 0 Å². The first-order valence-corrected chi connectivity index (χ1v) is 4.86. The predicted molar refractivity (Wildman–Crippen MR) is 45.2 cm³/mol. The highest BCUT2D eigenvalue weighted by molar-refractivity contribution is 5.00. The standard InChI is InChI=1S/C10H16N/c1-2-3-8-6-10-7-9-4-5-11(8,9)10/h2,8-10H,1,3-7H2/q+1. The molecule has 60 valence electrons. The zero-order valence-corrected chi connectivity index (χ0v) is 7.00. The number of hydrogen-bond donors (Lipinski definition) is 0. The molecule has 1 nitrogen and oxygen atoms in total. The van der Waals surface area contributed by atoms with Crippen molar-refractivity contribution in [2.75, 3.05) is 6.54 Å². The molecule has 0 aliphatic carbocycles. The van der Waals surface area contributed by atoms with Crippen molar-refractivity contribution in [1.82, 2.24) is 0 Å². The third-order valence-corrected chi connectivity index (χ3v) is 4.42. The van der Waals surface area contributed by atoms with Gasteiger partial charge in [0.05, 0.1) is 25.4 Å². The van der Waals surface area contributed by atoms with Gasteiger partial charge in [-0.25, -0.2) is 0 Å². The molecule has 3 saturated heterocycles. The van der Waals surface area contributed by atoms with E-state index in [0.29, 0.717) is 0 Å². The second kappa shape index (κ2) is 1.71. The summed E-state index contributed by atoms with van der Waals surface area (Å²) in [7, 11) is 0. The Kier molecular flexibility index (Phi) is 0.972. The number of rotatable bonds is 2. The van der Waals surface area contributed by atoms with Gasteiger partial charge < -0.3 is 4.48 Å². The molecule has 0 bridgehead atoms. The summed E-state index contributed by atoms with van der Waals surface area (Å²) in [4.78, 5) is 0. The van der Waals surface area contributed by atoms with Crippen molar-refractivity contribution in [2.24, 2.45) is 0 Å². The van der Waals surface area contributed by atoms with Gasteiger partial charge in [0.15, 0.2) is 0 Å². The molecule has 3 fully saturated rings. The van der Waals surface area contributed by atoms with E-state index >= 15 is 0 Å². The topological polar surface area (TPSA) is 0 Å². The fourth-order valence-corrected chi connectivity index (χ4v) is 3.71. The van der Waals surface area contributed by atoms with Crippen molar-refractivity contribution in [3.05, 3.63) is 12.7 Å². The summed E-state index contributed by atoms with van der Waals surface area (Å²) in [5.74, 6) is 0. The van der Waals surface area contributed by atoms with Crippen LogP contribution < -0.4 is 0 Å². The summed E-state index contributed by atoms with van der Waals surface area (Å²) in [6, 6.07) is 3.18. The third-order valence-electron chi connectivity index (χ3n) is 4.42. The van der Waals surface area contributed by atoms with Crippen LogP contribution in [0.1, 0.15) is 25.7 Å². The Morgan fingerprint density at radius 1 is 1.36 bits per heavy atom. The SMILES string of the molecule is C=CCC1CC2CC3CC[N+]132. The third kappa shape index (κ3) is 0.478. The van der Waals surface area contributed by atoms with E-state index in [-0.39, 0.29) is 0 Å². The zero-order valence-electron chi connectivity index (χ0n) is 7.00. The molecule has 4 atom stereocenters. The highest BCUT2D eigenvalue weighted by Crippen LogP contribution is 2.58. The fraction of sp³-hybridized carbons (Fsp3) is 0.800. The second-order valence-electron chi connectivity index (χ2n) is 4.46. The lowest BCUT2D eigenvalue weighted by Crippen LogP contribution is -2.89. The molecule has 0 aromatic carbocycles. The Balaban J connectivity index is 1.77. The fourth-order valence-electron chi connectivity index (χ4n) is 3.71. The van der Waals surface area contributed by atoms with Crippen molar-refractivity contribution in [3.8, 4) is 0 Å². The summed E-state index contributed by atoms with van der Waals surface area (Å²) in [6.45, 7) is 5.33. The number of piperidine rings is 2. The Morgan fingerprint density at radius 2 is 2.27 bits per heavy atom. The van der Waals surface area contributed by atoms with Crippen LogP contribution in [0.25, 0.3) is 0 Å². The average Bonchev–Trinajstić information content (AvgIpc) is 1.92. The number of quaternary nitrogens is 1. The molecule has 3 rings (SSSR count). The molecule has 0 radical (unpaired) electrons. The molecule has 3 aliphatic heterocycles. The van der Waals surface area contributed by atoms with Crippen molar-refractivity contribution in [3.63, 3.8) is 0 Å². The Morgan fingerprint density at radius 3 is 2.73 bits per heavy atom. The highest BCUT2D eigenvalue weighted by Gasteiger charge is 2.71. The summed E-state index contributed by atoms with van der Waals surface area (Å²) >= 11 is 0. The predicted octanol–water partition coefficient (Wildman–Crippen LogP) is 1.70. The van der Waals surface area contributed by atoms with Gasteiger partial charge in [-0.3, -0.25) is 0 Å². The molecular formula is C10H16N+. The number of nitrogens with zero attached hydrogens (tertiary/aromatic N) is 1. The Bertz CT molecular complexity index is 205. The van der Waals surface area contributed by atoms with Gasteiger partial charge >= 0.3 is 0 Å². The molecule has 3 aliphatic rings. The van der Waals surface area contributed by atoms with E-state index in [2.05, 4.69) is 12.7 Å². The lowest BCUT2D eigenvalue weighted by Gasteiger charge is -2.75. The van der Waals surface area contributed by atoms with E-state index in [1.165, 1.54) is 30.3 Å². The second-order valence-corrected chi connectivity index (χ2v) is 4.46. The van der Waals surface area contributed by atoms with E-state index in [4.69, 9.17) is 0 Å². The van der Waals surface area contributed by atoms with Crippen LogP contribution in [0.2, 0.25) is 0 Å². The minimum absolute atomic E-state index is 0.991. The van der Waals surface area contributed by atoms with Crippen LogP contribution in [-0.2, 0) is 0 Å². The molecule has 11 heavy (non-hydrogen) atoms. The van der Waals surface area contributed by atoms with Crippen LogP contribution in [0, 0.1) is 0 Å². The van der Waals surface area contributed by atoms with E-state index < -0.39 is 0 Å². The van der Waals surface area contributed by atoms with Crippen LogP contribution >= 0.6 is 0 Å². The molecule has 0 aromatic heterocycles. The van der Waals surface area contributed by atoms with Gasteiger partial charge in [-0.2, -0.15) is 0 Å². The van der Waals surface area contributed by atoms with Gasteiger partial charge in [0, 0.05) is 12.8 Å². The highest BCUT2D eigenvalue weighted by atomic mass is 15.6. The molecule has 3 heterocycles. The maximum atomic E-state index is 3.84. The first-order valence-electron chi connectivity index (χ1n) is 4.86. The first kappa shape index (κ1) is 6.24. The van der Waals surface area contributed by atoms with Crippen LogP contribution in [-0.4, -0.2) is 29.2 Å². The smallest absolute Gasteiger partial charge is 0.101 e. The quantitative estimate of drug-likeness (QED) is 0.415. The molecule has 0 N–H and O–H groups in total. The molecule has 0 amide bonds. The molecule has 0 saturated carbocycles. The van der Waals surface area contributed by atoms with Gasteiger partial charge in [-0.05, 0) is 0 Å². The Hall–Kier alpha value is -0.300. The van der Waals surface area contributed by atoms with Crippen LogP contribution in [0.5, 0.6) is 0 Å². The van der Waals surface area contributed by atoms with Crippen molar-refractivity contribution < 1.29 is 4.48 Å². The summed E-state index contributed by atoms with van der Waals surface area (Å²) in [5.41, 5.74) is 0. The first-order chi connectivity index (χ1) is 5.38. The van der Waals surface area contributed by atoms with Gasteiger partial charge in [0.25, 0.3) is 0 Å². The van der Waals surface area contributed by atoms with Gasteiger partial charge in [0.2, 0.25) is 0 Å². The van der Waals surface area contributed by atoms with Crippen LogP contribution in [0.3, 0.4) is 0 Å². The summed E-state index contributed by atoms with van der Waals surface area (Å²) in [5, 5.41) is 0. The molecule has 0 aromatic rings. The Labute approximate surface area is 68.3 Å². The monoisotopic (exact) mass is 150 g/mol. The maximum Gasteiger partial charge on any atom is 0.101 e. The largest absolute Gasteiger partial charge is 0.315 e. The maximum absolute atomic E-state index is 3.84. The van der Waals surface area contributed by atoms with E-state index in [0.717, 1.165) is 18.1 Å². The lowest BCUT2D eigenvalue weighted by molar-refractivity contribution is -1.11. The van der Waals surface area contributed by atoms with Crippen LogP contribution in [0.4, 0.5) is 0 Å². The van der Waals surface area contributed by atoms with Crippen molar-refractivity contribution in [1.29, 1.82) is 0 Å². The van der Waals surface area contributed by atoms with Crippen LogP contribution in [0.15, 0.2) is 12.7 Å². The minimum Gasteiger partial charge on any atom is -0.315 e. The zero-order chi connectivity index (χ0) is 7.47. The number of hydrogen-bond acceptors (Lipinski definition) is 0. The van der Waals surface area contributed by atoms with Crippen molar-refractivity contribution in [2.45, 2.75) is 43.8 Å². The van der Waals surface area contributed by atoms with E-state index in [1.54, 1.807) is 6.42 Å². The van der Waals surface area contributed by atoms with Gasteiger partial charge in [0.1, 0.15) is 12.1 Å². The average molecular weight is 150 g/mol. The minimum atomic E-state index is 0.991. The normalized spacial score (nSPS) is 57.6.